The van der Waals surface area contributed by atoms with Gasteiger partial charge in [-0.15, -0.1) is 0 Å². The van der Waals surface area contributed by atoms with Gasteiger partial charge in [0.2, 0.25) is 6.29 Å². The van der Waals surface area contributed by atoms with E-state index < -0.39 is 29.7 Å². The first-order valence-corrected chi connectivity index (χ1v) is 8.57. The molecule has 1 atom stereocenters. The second-order valence-corrected chi connectivity index (χ2v) is 7.02. The van der Waals surface area contributed by atoms with Gasteiger partial charge < -0.3 is 19.5 Å². The standard InChI is InChI=1S/C18H24ClNO6.Na.H/c1-12(24-16(22)18(2,3)4)25-17(23)20-11-5-6-15(21)26-14-9-7-13(19)8-10-14;;/h7-10,12H,5-6,11H2,1-4H3,(H,20,23);;. The molecule has 0 aliphatic rings. The van der Waals surface area contributed by atoms with Gasteiger partial charge in [0.25, 0.3) is 0 Å². The Labute approximate surface area is 186 Å². The Balaban J connectivity index is 0.00000676. The van der Waals surface area contributed by atoms with Crippen LogP contribution < -0.4 is 10.1 Å². The Bertz CT molecular complexity index is 630. The maximum atomic E-state index is 11.7. The zero-order chi connectivity index (χ0) is 19.7. The molecular formula is C18H25ClNNaO6. The van der Waals surface area contributed by atoms with E-state index in [1.54, 1.807) is 45.0 Å². The van der Waals surface area contributed by atoms with Crippen molar-refractivity contribution in [3.05, 3.63) is 29.3 Å². The van der Waals surface area contributed by atoms with Crippen LogP contribution in [0.1, 0.15) is 40.5 Å². The molecule has 0 heterocycles. The summed E-state index contributed by atoms with van der Waals surface area (Å²) in [4.78, 5) is 34.9. The molecule has 0 fully saturated rings. The van der Waals surface area contributed by atoms with Crippen LogP contribution in [-0.4, -0.2) is 60.4 Å². The predicted molar refractivity (Wildman–Crippen MR) is 103 cm³/mol. The minimum atomic E-state index is -1.00. The average Bonchev–Trinajstić information content (AvgIpc) is 2.52. The van der Waals surface area contributed by atoms with E-state index in [9.17, 15) is 14.4 Å². The third kappa shape index (κ3) is 11.2. The topological polar surface area (TPSA) is 90.9 Å². The van der Waals surface area contributed by atoms with Crippen molar-refractivity contribution >= 4 is 59.2 Å². The quantitative estimate of drug-likeness (QED) is 0.245. The van der Waals surface area contributed by atoms with Gasteiger partial charge in [0, 0.05) is 24.9 Å². The van der Waals surface area contributed by atoms with E-state index in [4.69, 9.17) is 25.8 Å². The second kappa shape index (κ2) is 12.2. The van der Waals surface area contributed by atoms with Crippen LogP contribution in [0.5, 0.6) is 5.75 Å². The molecular weight excluding hydrogens is 385 g/mol. The molecule has 1 rings (SSSR count). The molecule has 0 spiro atoms. The third-order valence-corrected chi connectivity index (χ3v) is 3.28. The molecule has 0 aromatic heterocycles. The first-order chi connectivity index (χ1) is 12.1. The SMILES string of the molecule is CC(OC(=O)NCCCC(=O)Oc1ccc(Cl)cc1)OC(=O)C(C)(C)C.[NaH]. The van der Waals surface area contributed by atoms with E-state index in [1.165, 1.54) is 6.92 Å². The molecule has 1 aromatic rings. The summed E-state index contributed by atoms with van der Waals surface area (Å²) in [5.74, 6) is -0.487. The Morgan fingerprint density at radius 3 is 2.26 bits per heavy atom. The van der Waals surface area contributed by atoms with Gasteiger partial charge in [0.05, 0.1) is 5.41 Å². The summed E-state index contributed by atoms with van der Waals surface area (Å²) in [7, 11) is 0. The number of carbonyl (C=O) groups is 3. The first kappa shape index (κ1) is 25.7. The summed E-state index contributed by atoms with van der Waals surface area (Å²) < 4.78 is 15.0. The van der Waals surface area contributed by atoms with Gasteiger partial charge >= 0.3 is 47.6 Å². The van der Waals surface area contributed by atoms with Gasteiger partial charge in [-0.3, -0.25) is 9.59 Å². The van der Waals surface area contributed by atoms with E-state index in [0.29, 0.717) is 17.2 Å². The van der Waals surface area contributed by atoms with Crippen molar-refractivity contribution in [2.45, 2.75) is 46.8 Å². The van der Waals surface area contributed by atoms with Crippen molar-refractivity contribution in [3.8, 4) is 5.75 Å². The molecule has 1 amide bonds. The molecule has 0 radical (unpaired) electrons. The monoisotopic (exact) mass is 409 g/mol. The van der Waals surface area contributed by atoms with Crippen molar-refractivity contribution < 1.29 is 28.6 Å². The van der Waals surface area contributed by atoms with E-state index in [0.717, 1.165) is 0 Å². The van der Waals surface area contributed by atoms with Gasteiger partial charge in [0.15, 0.2) is 0 Å². The average molecular weight is 410 g/mol. The van der Waals surface area contributed by atoms with Crippen LogP contribution in [0.15, 0.2) is 24.3 Å². The fourth-order valence-corrected chi connectivity index (χ4v) is 1.78. The fraction of sp³-hybridized carbons (Fsp3) is 0.500. The van der Waals surface area contributed by atoms with Gasteiger partial charge in [-0.1, -0.05) is 11.6 Å². The van der Waals surface area contributed by atoms with Crippen LogP contribution in [0.25, 0.3) is 0 Å². The van der Waals surface area contributed by atoms with Crippen molar-refractivity contribution in [2.24, 2.45) is 5.41 Å². The van der Waals surface area contributed by atoms with Gasteiger partial charge in [-0.2, -0.15) is 0 Å². The van der Waals surface area contributed by atoms with Crippen molar-refractivity contribution in [3.63, 3.8) is 0 Å². The van der Waals surface area contributed by atoms with Crippen LogP contribution in [0.3, 0.4) is 0 Å². The van der Waals surface area contributed by atoms with Crippen LogP contribution in [0.4, 0.5) is 4.79 Å². The van der Waals surface area contributed by atoms with Crippen molar-refractivity contribution in [1.29, 1.82) is 0 Å². The molecule has 1 N–H and O–H groups in total. The third-order valence-electron chi connectivity index (χ3n) is 3.03. The van der Waals surface area contributed by atoms with Gasteiger partial charge in [-0.25, -0.2) is 4.79 Å². The van der Waals surface area contributed by atoms with Crippen LogP contribution in [0.2, 0.25) is 5.02 Å². The Hall–Kier alpha value is -1.28. The number of hydrogen-bond donors (Lipinski definition) is 1. The number of esters is 2. The number of alkyl carbamates (subject to hydrolysis) is 1. The Morgan fingerprint density at radius 2 is 1.70 bits per heavy atom. The number of ether oxygens (including phenoxy) is 3. The number of benzene rings is 1. The summed E-state index contributed by atoms with van der Waals surface area (Å²) in [6.45, 7) is 6.77. The summed E-state index contributed by atoms with van der Waals surface area (Å²) >= 11 is 5.75. The molecule has 1 unspecified atom stereocenters. The van der Waals surface area contributed by atoms with Crippen molar-refractivity contribution in [1.82, 2.24) is 5.32 Å². The molecule has 0 aliphatic heterocycles. The molecule has 0 bridgehead atoms. The maximum absolute atomic E-state index is 11.7. The number of hydrogen-bond acceptors (Lipinski definition) is 6. The van der Waals surface area contributed by atoms with Gasteiger partial charge in [0.1, 0.15) is 5.75 Å². The number of amides is 1. The van der Waals surface area contributed by atoms with Crippen LogP contribution in [-0.2, 0) is 19.1 Å². The van der Waals surface area contributed by atoms with E-state index >= 15 is 0 Å². The molecule has 27 heavy (non-hydrogen) atoms. The molecule has 7 nitrogen and oxygen atoms in total. The predicted octanol–water partition coefficient (Wildman–Crippen LogP) is 3.04. The minimum absolute atomic E-state index is 0. The van der Waals surface area contributed by atoms with E-state index in [-0.39, 0.29) is 42.5 Å². The van der Waals surface area contributed by atoms with Gasteiger partial charge in [-0.05, 0) is 51.5 Å². The Kier molecular flexibility index (Phi) is 11.7. The summed E-state index contributed by atoms with van der Waals surface area (Å²) in [6.07, 6.45) is -1.24. The summed E-state index contributed by atoms with van der Waals surface area (Å²) in [6, 6.07) is 6.43. The molecule has 0 aliphatic carbocycles. The summed E-state index contributed by atoms with van der Waals surface area (Å²) in [5.41, 5.74) is -0.682. The van der Waals surface area contributed by atoms with Crippen LogP contribution >= 0.6 is 11.6 Å². The molecule has 9 heteroatoms. The normalized spacial score (nSPS) is 11.6. The number of carbonyl (C=O) groups excluding carboxylic acids is 3. The number of halogens is 1. The summed E-state index contributed by atoms with van der Waals surface area (Å²) in [5, 5.41) is 3.03. The van der Waals surface area contributed by atoms with Crippen molar-refractivity contribution in [2.75, 3.05) is 6.54 Å². The number of nitrogens with one attached hydrogen (secondary N) is 1. The molecule has 1 aromatic carbocycles. The van der Waals surface area contributed by atoms with Crippen LogP contribution in [0, 0.1) is 5.41 Å². The van der Waals surface area contributed by atoms with E-state index in [2.05, 4.69) is 5.32 Å². The van der Waals surface area contributed by atoms with E-state index in [1.807, 2.05) is 0 Å². The Morgan fingerprint density at radius 1 is 1.11 bits per heavy atom. The number of rotatable bonds is 7. The molecule has 0 saturated carbocycles. The second-order valence-electron chi connectivity index (χ2n) is 6.59. The zero-order valence-corrected chi connectivity index (χ0v) is 16.1. The molecule has 146 valence electrons. The fourth-order valence-electron chi connectivity index (χ4n) is 1.65. The molecule has 0 saturated heterocycles. The zero-order valence-electron chi connectivity index (χ0n) is 15.3. The first-order valence-electron chi connectivity index (χ1n) is 8.20.